The number of aromatic amines is 1. The number of methoxy groups -OCH3 is 1. The number of fused-ring (bicyclic) bond motifs is 3. The minimum absolute atomic E-state index is 0.104. The van der Waals surface area contributed by atoms with Gasteiger partial charge in [0.1, 0.15) is 5.82 Å². The molecule has 2 aromatic carbocycles. The Morgan fingerprint density at radius 3 is 2.41 bits per heavy atom. The Morgan fingerprint density at radius 1 is 1.00 bits per heavy atom. The number of rotatable bonds is 5. The van der Waals surface area contributed by atoms with Gasteiger partial charge in [-0.05, 0) is 17.5 Å². The Labute approximate surface area is 184 Å². The number of ether oxygens (including phenoxy) is 1. The number of benzene rings is 2. The number of allylic oxidation sites excluding steroid dienone is 1. The average molecular weight is 429 g/mol. The Kier molecular flexibility index (Phi) is 4.90. The molecule has 1 aliphatic heterocycles. The second kappa shape index (κ2) is 7.76. The van der Waals surface area contributed by atoms with Crippen molar-refractivity contribution in [1.82, 2.24) is 9.55 Å². The largest absolute Gasteiger partial charge is 0.383 e. The molecule has 3 aromatic rings. The summed E-state index contributed by atoms with van der Waals surface area (Å²) in [5.41, 5.74) is 3.91. The number of carbonyl (C=O) groups is 1. The van der Waals surface area contributed by atoms with Gasteiger partial charge in [-0.1, -0.05) is 55.5 Å². The fourth-order valence-corrected chi connectivity index (χ4v) is 4.64. The summed E-state index contributed by atoms with van der Waals surface area (Å²) >= 11 is 0. The topological polar surface area (TPSA) is 93.2 Å². The van der Waals surface area contributed by atoms with Crippen LogP contribution in [0.2, 0.25) is 0 Å². The molecule has 0 unspecified atom stereocenters. The van der Waals surface area contributed by atoms with Crippen molar-refractivity contribution < 1.29 is 9.53 Å². The van der Waals surface area contributed by atoms with Crippen molar-refractivity contribution in [3.63, 3.8) is 0 Å². The van der Waals surface area contributed by atoms with Crippen LogP contribution >= 0.6 is 0 Å². The maximum atomic E-state index is 13.5. The van der Waals surface area contributed by atoms with Crippen LogP contribution in [-0.4, -0.2) is 29.1 Å². The molecule has 0 radical (unpaired) electrons. The van der Waals surface area contributed by atoms with Gasteiger partial charge in [0.25, 0.3) is 5.56 Å². The number of hydrogen-bond acceptors (Lipinski definition) is 5. The highest BCUT2D eigenvalue weighted by Crippen LogP contribution is 2.47. The average Bonchev–Trinajstić information content (AvgIpc) is 3.10. The fourth-order valence-electron chi connectivity index (χ4n) is 4.64. The molecule has 32 heavy (non-hydrogen) atoms. The van der Waals surface area contributed by atoms with Crippen molar-refractivity contribution in [2.24, 2.45) is 0 Å². The van der Waals surface area contributed by atoms with Crippen molar-refractivity contribution in [3.05, 3.63) is 103 Å². The molecule has 0 saturated carbocycles. The van der Waals surface area contributed by atoms with Crippen LogP contribution in [0.15, 0.2) is 63.7 Å². The van der Waals surface area contributed by atoms with Crippen molar-refractivity contribution in [2.75, 3.05) is 19.0 Å². The molecule has 1 aliphatic carbocycles. The Balaban J connectivity index is 1.80. The van der Waals surface area contributed by atoms with Gasteiger partial charge in [-0.15, -0.1) is 0 Å². The van der Waals surface area contributed by atoms with Crippen molar-refractivity contribution in [1.29, 1.82) is 0 Å². The number of Topliss-reactive ketones (excluding diaryl/α,β-unsaturated/α-hetero) is 1. The van der Waals surface area contributed by atoms with E-state index in [0.717, 1.165) is 23.1 Å². The van der Waals surface area contributed by atoms with Gasteiger partial charge < -0.3 is 10.1 Å². The Hall–Kier alpha value is -3.71. The molecular weight excluding hydrogens is 406 g/mol. The van der Waals surface area contributed by atoms with Crippen LogP contribution in [0.4, 0.5) is 5.82 Å². The van der Waals surface area contributed by atoms with Gasteiger partial charge >= 0.3 is 5.69 Å². The first-order valence-corrected chi connectivity index (χ1v) is 10.6. The SMILES string of the molecule is CCc1ccc([C@H]2C3=C(Nc4c2c(=O)[nH]c(=O)n4CCOC)c2ccccc2C3=O)cc1. The van der Waals surface area contributed by atoms with Crippen molar-refractivity contribution in [3.8, 4) is 0 Å². The number of ketones is 1. The van der Waals surface area contributed by atoms with E-state index < -0.39 is 17.2 Å². The minimum Gasteiger partial charge on any atom is -0.383 e. The van der Waals surface area contributed by atoms with Crippen molar-refractivity contribution >= 4 is 17.3 Å². The van der Waals surface area contributed by atoms with E-state index in [0.29, 0.717) is 34.8 Å². The first-order valence-electron chi connectivity index (χ1n) is 10.6. The number of H-pyrrole nitrogens is 1. The highest BCUT2D eigenvalue weighted by atomic mass is 16.5. The molecular formula is C25H23N3O4. The van der Waals surface area contributed by atoms with E-state index in [1.54, 1.807) is 13.2 Å². The number of anilines is 1. The molecule has 1 aromatic heterocycles. The lowest BCUT2D eigenvalue weighted by atomic mass is 9.81. The summed E-state index contributed by atoms with van der Waals surface area (Å²) in [7, 11) is 1.56. The normalized spacial score (nSPS) is 16.4. The molecule has 2 heterocycles. The molecule has 2 aliphatic rings. The lowest BCUT2D eigenvalue weighted by Gasteiger charge is -2.29. The molecule has 0 fully saturated rings. The van der Waals surface area contributed by atoms with Crippen LogP contribution < -0.4 is 16.6 Å². The highest BCUT2D eigenvalue weighted by Gasteiger charge is 2.42. The molecule has 0 saturated heterocycles. The molecule has 5 rings (SSSR count). The number of carbonyl (C=O) groups excluding carboxylic acids is 1. The Morgan fingerprint density at radius 2 is 1.72 bits per heavy atom. The molecule has 2 N–H and O–H groups in total. The van der Waals surface area contributed by atoms with Gasteiger partial charge in [-0.25, -0.2) is 4.79 Å². The van der Waals surface area contributed by atoms with Crippen LogP contribution in [-0.2, 0) is 17.7 Å². The lowest BCUT2D eigenvalue weighted by Crippen LogP contribution is -2.38. The third-order valence-electron chi connectivity index (χ3n) is 6.25. The van der Waals surface area contributed by atoms with E-state index in [9.17, 15) is 14.4 Å². The van der Waals surface area contributed by atoms with E-state index in [-0.39, 0.29) is 12.3 Å². The number of hydrogen-bond donors (Lipinski definition) is 2. The van der Waals surface area contributed by atoms with E-state index in [4.69, 9.17) is 4.74 Å². The van der Waals surface area contributed by atoms with E-state index in [1.807, 2.05) is 42.5 Å². The Bertz CT molecular complexity index is 1380. The summed E-state index contributed by atoms with van der Waals surface area (Å²) in [5, 5.41) is 3.27. The summed E-state index contributed by atoms with van der Waals surface area (Å²) in [6.07, 6.45) is 0.887. The summed E-state index contributed by atoms with van der Waals surface area (Å²) in [6, 6.07) is 15.3. The van der Waals surface area contributed by atoms with Gasteiger partial charge in [0.15, 0.2) is 5.78 Å². The van der Waals surface area contributed by atoms with Gasteiger partial charge in [0.05, 0.1) is 24.4 Å². The molecule has 7 nitrogen and oxygen atoms in total. The molecule has 7 heteroatoms. The standard InChI is InChI=1S/C25H23N3O4/c1-3-14-8-10-15(11-9-14)18-19-21(16-6-4-5-7-17(16)22(19)29)26-23-20(18)24(30)27-25(31)28(23)12-13-32-2/h4-11,18,26H,3,12-13H2,1-2H3,(H,27,30,31)/t18-/m0/s1. The quantitative estimate of drug-likeness (QED) is 0.651. The van der Waals surface area contributed by atoms with Gasteiger partial charge in [-0.3, -0.25) is 19.1 Å². The highest BCUT2D eigenvalue weighted by molar-refractivity contribution is 6.23. The third kappa shape index (κ3) is 2.97. The summed E-state index contributed by atoms with van der Waals surface area (Å²) < 4.78 is 6.65. The maximum absolute atomic E-state index is 13.5. The second-order valence-corrected chi connectivity index (χ2v) is 7.98. The number of nitrogens with one attached hydrogen (secondary N) is 2. The van der Waals surface area contributed by atoms with Gasteiger partial charge in [0.2, 0.25) is 0 Å². The van der Waals surface area contributed by atoms with Gasteiger partial charge in [0, 0.05) is 29.7 Å². The predicted molar refractivity (Wildman–Crippen MR) is 122 cm³/mol. The zero-order chi connectivity index (χ0) is 22.4. The van der Waals surface area contributed by atoms with Crippen molar-refractivity contribution in [2.45, 2.75) is 25.8 Å². The van der Waals surface area contributed by atoms with Crippen LogP contribution in [0.3, 0.4) is 0 Å². The number of aromatic nitrogens is 2. The summed E-state index contributed by atoms with van der Waals surface area (Å²) in [4.78, 5) is 41.7. The second-order valence-electron chi connectivity index (χ2n) is 7.98. The molecule has 0 spiro atoms. The lowest BCUT2D eigenvalue weighted by molar-refractivity contribution is 0.103. The monoisotopic (exact) mass is 429 g/mol. The smallest absolute Gasteiger partial charge is 0.330 e. The predicted octanol–water partition coefficient (Wildman–Crippen LogP) is 2.91. The summed E-state index contributed by atoms with van der Waals surface area (Å²) in [6.45, 7) is 2.64. The molecule has 162 valence electrons. The molecule has 0 amide bonds. The molecule has 0 bridgehead atoms. The zero-order valence-electron chi connectivity index (χ0n) is 17.9. The first-order chi connectivity index (χ1) is 15.5. The molecule has 1 atom stereocenters. The van der Waals surface area contributed by atoms with Gasteiger partial charge in [-0.2, -0.15) is 0 Å². The van der Waals surface area contributed by atoms with E-state index >= 15 is 0 Å². The summed E-state index contributed by atoms with van der Waals surface area (Å²) in [5.74, 6) is -0.291. The van der Waals surface area contributed by atoms with E-state index in [1.165, 1.54) is 4.57 Å². The maximum Gasteiger partial charge on any atom is 0.330 e. The van der Waals surface area contributed by atoms with E-state index in [2.05, 4.69) is 17.2 Å². The number of nitrogens with zero attached hydrogens (tertiary/aromatic N) is 1. The fraction of sp³-hybridized carbons (Fsp3) is 0.240. The van der Waals surface area contributed by atoms with Crippen LogP contribution in [0.5, 0.6) is 0 Å². The minimum atomic E-state index is -0.592. The zero-order valence-corrected chi connectivity index (χ0v) is 17.9. The van der Waals surface area contributed by atoms with Crippen LogP contribution in [0.1, 0.15) is 45.5 Å². The number of aryl methyl sites for hydroxylation is 1. The van der Waals surface area contributed by atoms with Crippen LogP contribution in [0, 0.1) is 0 Å². The van der Waals surface area contributed by atoms with Crippen LogP contribution in [0.25, 0.3) is 5.70 Å². The first kappa shape index (κ1) is 20.2. The third-order valence-corrected chi connectivity index (χ3v) is 6.25.